The first-order valence-corrected chi connectivity index (χ1v) is 6.61. The minimum absolute atomic E-state index is 0.00999. The van der Waals surface area contributed by atoms with Crippen molar-refractivity contribution < 1.29 is 32.0 Å². The number of alkyl halides is 3. The van der Waals surface area contributed by atoms with Gasteiger partial charge in [-0.1, -0.05) is 17.3 Å². The van der Waals surface area contributed by atoms with Gasteiger partial charge in [0.05, 0.1) is 12.7 Å². The number of ether oxygens (including phenoxy) is 1. The molecule has 0 saturated heterocycles. The second-order valence-electron chi connectivity index (χ2n) is 4.58. The quantitative estimate of drug-likeness (QED) is 0.391. The van der Waals surface area contributed by atoms with E-state index in [9.17, 15) is 18.0 Å². The summed E-state index contributed by atoms with van der Waals surface area (Å²) in [5.41, 5.74) is 5.12. The van der Waals surface area contributed by atoms with E-state index in [1.54, 1.807) is 0 Å². The number of hydrogen-bond acceptors (Lipinski definition) is 5. The number of benzene rings is 1. The van der Waals surface area contributed by atoms with Gasteiger partial charge < -0.3 is 19.7 Å². The van der Waals surface area contributed by atoms with Gasteiger partial charge in [-0.05, 0) is 24.3 Å². The van der Waals surface area contributed by atoms with Gasteiger partial charge in [-0.15, -0.1) is 0 Å². The van der Waals surface area contributed by atoms with Gasteiger partial charge in [0, 0.05) is 5.56 Å². The summed E-state index contributed by atoms with van der Waals surface area (Å²) in [5, 5.41) is 3.59. The number of hydrogen-bond donors (Lipinski definition) is 1. The summed E-state index contributed by atoms with van der Waals surface area (Å²) in [6.45, 7) is -0.113. The molecule has 24 heavy (non-hydrogen) atoms. The fourth-order valence-corrected chi connectivity index (χ4v) is 1.71. The van der Waals surface area contributed by atoms with Crippen LogP contribution in [-0.4, -0.2) is 18.9 Å². The Bertz CT molecular complexity index is 736. The highest BCUT2D eigenvalue weighted by Gasteiger charge is 2.30. The number of furan rings is 1. The minimum Gasteiger partial charge on any atom is -0.463 e. The van der Waals surface area contributed by atoms with Crippen molar-refractivity contribution in [2.24, 2.45) is 10.9 Å². The first-order chi connectivity index (χ1) is 11.3. The lowest BCUT2D eigenvalue weighted by molar-refractivity contribution is -0.137. The van der Waals surface area contributed by atoms with Crippen LogP contribution in [0.3, 0.4) is 0 Å². The third kappa shape index (κ3) is 4.28. The highest BCUT2D eigenvalue weighted by atomic mass is 19.4. The highest BCUT2D eigenvalue weighted by molar-refractivity contribution is 5.97. The van der Waals surface area contributed by atoms with Gasteiger partial charge in [0.2, 0.25) is 5.76 Å². The molecule has 0 unspecified atom stereocenters. The van der Waals surface area contributed by atoms with Gasteiger partial charge in [-0.25, -0.2) is 4.79 Å². The van der Waals surface area contributed by atoms with Crippen LogP contribution in [0.1, 0.15) is 27.4 Å². The van der Waals surface area contributed by atoms with Crippen LogP contribution < -0.4 is 5.73 Å². The van der Waals surface area contributed by atoms with E-state index in [0.29, 0.717) is 5.76 Å². The lowest BCUT2D eigenvalue weighted by Gasteiger charge is -2.07. The van der Waals surface area contributed by atoms with E-state index in [0.717, 1.165) is 12.1 Å². The molecule has 6 nitrogen and oxygen atoms in total. The summed E-state index contributed by atoms with van der Waals surface area (Å²) < 4.78 is 47.0. The van der Waals surface area contributed by atoms with E-state index in [2.05, 4.69) is 9.89 Å². The number of rotatable bonds is 5. The molecule has 2 N–H and O–H groups in total. The SMILES string of the molecule is COC(=O)c1ccc(CO/N=C(/N)c2ccc(C(F)(F)F)cc2)o1. The van der Waals surface area contributed by atoms with Crippen LogP contribution in [0.25, 0.3) is 0 Å². The summed E-state index contributed by atoms with van der Waals surface area (Å²) in [6, 6.07) is 7.07. The molecule has 0 aliphatic rings. The molecular weight excluding hydrogens is 329 g/mol. The van der Waals surface area contributed by atoms with Crippen LogP contribution in [0.2, 0.25) is 0 Å². The average molecular weight is 342 g/mol. The van der Waals surface area contributed by atoms with Gasteiger partial charge in [-0.3, -0.25) is 0 Å². The van der Waals surface area contributed by atoms with Crippen molar-refractivity contribution in [3.8, 4) is 0 Å². The average Bonchev–Trinajstić information content (AvgIpc) is 3.02. The molecule has 0 radical (unpaired) electrons. The van der Waals surface area contributed by atoms with Crippen molar-refractivity contribution in [1.29, 1.82) is 0 Å². The van der Waals surface area contributed by atoms with Crippen LogP contribution in [0, 0.1) is 0 Å². The minimum atomic E-state index is -4.42. The van der Waals surface area contributed by atoms with Crippen molar-refractivity contribution in [1.82, 2.24) is 0 Å². The number of amidine groups is 1. The number of oxime groups is 1. The maximum absolute atomic E-state index is 12.5. The second-order valence-corrected chi connectivity index (χ2v) is 4.58. The van der Waals surface area contributed by atoms with Gasteiger partial charge in [0.25, 0.3) is 0 Å². The van der Waals surface area contributed by atoms with Crippen molar-refractivity contribution >= 4 is 11.8 Å². The summed E-state index contributed by atoms with van der Waals surface area (Å²) in [5.74, 6) is -0.410. The second kappa shape index (κ2) is 7.07. The number of halogens is 3. The van der Waals surface area contributed by atoms with Gasteiger partial charge in [0.15, 0.2) is 12.4 Å². The predicted molar refractivity (Wildman–Crippen MR) is 77.0 cm³/mol. The third-order valence-corrected chi connectivity index (χ3v) is 2.93. The standard InChI is InChI=1S/C15H13F3N2O4/c1-22-14(21)12-7-6-11(24-12)8-23-20-13(19)9-2-4-10(5-3-9)15(16,17)18/h2-7H,8H2,1H3,(H2,19,20). The molecule has 0 saturated carbocycles. The van der Waals surface area contributed by atoms with E-state index in [1.807, 2.05) is 0 Å². The van der Waals surface area contributed by atoms with Gasteiger partial charge >= 0.3 is 12.1 Å². The lowest BCUT2D eigenvalue weighted by Crippen LogP contribution is -2.14. The summed E-state index contributed by atoms with van der Waals surface area (Å²) in [7, 11) is 1.22. The number of nitrogens with zero attached hydrogens (tertiary/aromatic N) is 1. The Morgan fingerprint density at radius 2 is 1.88 bits per heavy atom. The Labute approximate surface area is 134 Å². The molecule has 0 spiro atoms. The molecule has 0 aliphatic carbocycles. The molecule has 0 aliphatic heterocycles. The molecule has 1 aromatic heterocycles. The molecule has 0 amide bonds. The fraction of sp³-hybridized carbons (Fsp3) is 0.200. The molecule has 128 valence electrons. The Morgan fingerprint density at radius 3 is 2.46 bits per heavy atom. The Hall–Kier alpha value is -2.97. The number of esters is 1. The maximum atomic E-state index is 12.5. The van der Waals surface area contributed by atoms with Crippen molar-refractivity contribution in [2.75, 3.05) is 7.11 Å². The number of carbonyl (C=O) groups is 1. The molecule has 0 atom stereocenters. The van der Waals surface area contributed by atoms with Crippen LogP contribution in [0.15, 0.2) is 46.0 Å². The van der Waals surface area contributed by atoms with Crippen LogP contribution in [0.4, 0.5) is 13.2 Å². The highest BCUT2D eigenvalue weighted by Crippen LogP contribution is 2.29. The van der Waals surface area contributed by atoms with Crippen molar-refractivity contribution in [3.63, 3.8) is 0 Å². The predicted octanol–water partition coefficient (Wildman–Crippen LogP) is 2.92. The molecule has 0 bridgehead atoms. The Kier molecular flexibility index (Phi) is 5.12. The molecule has 0 fully saturated rings. The summed E-state index contributed by atoms with van der Waals surface area (Å²) in [4.78, 5) is 16.2. The van der Waals surface area contributed by atoms with Crippen LogP contribution >= 0.6 is 0 Å². The molecular formula is C15H13F3N2O4. The molecule has 1 heterocycles. The largest absolute Gasteiger partial charge is 0.463 e. The number of methoxy groups -OCH3 is 1. The van der Waals surface area contributed by atoms with Crippen LogP contribution in [-0.2, 0) is 22.4 Å². The van der Waals surface area contributed by atoms with E-state index in [1.165, 1.54) is 31.4 Å². The lowest BCUT2D eigenvalue weighted by atomic mass is 10.1. The first kappa shape index (κ1) is 17.4. The summed E-state index contributed by atoms with van der Waals surface area (Å²) >= 11 is 0. The zero-order valence-electron chi connectivity index (χ0n) is 12.5. The Morgan fingerprint density at radius 1 is 1.21 bits per heavy atom. The van der Waals surface area contributed by atoms with Gasteiger partial charge in [-0.2, -0.15) is 13.2 Å². The molecule has 9 heteroatoms. The topological polar surface area (TPSA) is 87.0 Å². The zero-order valence-corrected chi connectivity index (χ0v) is 12.5. The molecule has 2 rings (SSSR count). The monoisotopic (exact) mass is 342 g/mol. The normalized spacial score (nSPS) is 12.1. The van der Waals surface area contributed by atoms with E-state index >= 15 is 0 Å². The van der Waals surface area contributed by atoms with Crippen molar-refractivity contribution in [3.05, 3.63) is 59.0 Å². The summed E-state index contributed by atoms with van der Waals surface area (Å²) in [6.07, 6.45) is -4.42. The van der Waals surface area contributed by atoms with E-state index < -0.39 is 17.7 Å². The van der Waals surface area contributed by atoms with Crippen molar-refractivity contribution in [2.45, 2.75) is 12.8 Å². The first-order valence-electron chi connectivity index (χ1n) is 6.61. The number of carbonyl (C=O) groups excluding carboxylic acids is 1. The number of nitrogens with two attached hydrogens (primary N) is 1. The van der Waals surface area contributed by atoms with Crippen LogP contribution in [0.5, 0.6) is 0 Å². The smallest absolute Gasteiger partial charge is 0.416 e. The molecule has 2 aromatic rings. The fourth-order valence-electron chi connectivity index (χ4n) is 1.71. The Balaban J connectivity index is 1.96. The maximum Gasteiger partial charge on any atom is 0.416 e. The van der Waals surface area contributed by atoms with Gasteiger partial charge in [0.1, 0.15) is 5.76 Å². The molecule has 1 aromatic carbocycles. The zero-order chi connectivity index (χ0) is 17.7. The third-order valence-electron chi connectivity index (χ3n) is 2.93. The van der Waals surface area contributed by atoms with E-state index in [-0.39, 0.29) is 23.8 Å². The van der Waals surface area contributed by atoms with E-state index in [4.69, 9.17) is 15.0 Å².